The molecule has 0 aliphatic heterocycles. The van der Waals surface area contributed by atoms with Crippen LogP contribution in [0.25, 0.3) is 11.3 Å². The van der Waals surface area contributed by atoms with E-state index in [9.17, 15) is 0 Å². The summed E-state index contributed by atoms with van der Waals surface area (Å²) in [6, 6.07) is 1.90. The number of hydrogen-bond acceptors (Lipinski definition) is 5. The van der Waals surface area contributed by atoms with Crippen molar-refractivity contribution >= 4 is 5.82 Å². The zero-order valence-electron chi connectivity index (χ0n) is 11.9. The van der Waals surface area contributed by atoms with Gasteiger partial charge in [-0.1, -0.05) is 0 Å². The van der Waals surface area contributed by atoms with Gasteiger partial charge in [-0.15, -0.1) is 0 Å². The van der Waals surface area contributed by atoms with Crippen molar-refractivity contribution in [3.63, 3.8) is 0 Å². The fourth-order valence-corrected chi connectivity index (χ4v) is 1.64. The predicted molar refractivity (Wildman–Crippen MR) is 73.8 cm³/mol. The maximum Gasteiger partial charge on any atom is 0.162 e. The molecule has 0 radical (unpaired) electrons. The highest BCUT2D eigenvalue weighted by atomic mass is 16.5. The van der Waals surface area contributed by atoms with Crippen molar-refractivity contribution in [1.82, 2.24) is 19.7 Å². The van der Waals surface area contributed by atoms with Gasteiger partial charge in [0.15, 0.2) is 5.82 Å². The molecule has 19 heavy (non-hydrogen) atoms. The van der Waals surface area contributed by atoms with E-state index in [0.717, 1.165) is 17.1 Å². The molecule has 6 nitrogen and oxygen atoms in total. The third-order valence-corrected chi connectivity index (χ3v) is 3.03. The van der Waals surface area contributed by atoms with Gasteiger partial charge in [-0.3, -0.25) is 4.68 Å². The van der Waals surface area contributed by atoms with Crippen molar-refractivity contribution in [2.75, 3.05) is 19.5 Å². The number of nitrogens with one attached hydrogen (secondary N) is 1. The molecule has 0 amide bonds. The predicted octanol–water partition coefficient (Wildman–Crippen LogP) is 1.80. The Kier molecular flexibility index (Phi) is 3.53. The Morgan fingerprint density at radius 1 is 1.32 bits per heavy atom. The van der Waals surface area contributed by atoms with Gasteiger partial charge in [0.2, 0.25) is 0 Å². The van der Waals surface area contributed by atoms with Gasteiger partial charge in [-0.05, 0) is 13.8 Å². The molecule has 6 heteroatoms. The highest BCUT2D eigenvalue weighted by Gasteiger charge is 2.24. The lowest BCUT2D eigenvalue weighted by atomic mass is 10.1. The molecule has 1 N–H and O–H groups in total. The zero-order chi connectivity index (χ0) is 14.0. The Balaban J connectivity index is 2.53. The first-order valence-corrected chi connectivity index (χ1v) is 6.08. The lowest BCUT2D eigenvalue weighted by Crippen LogP contribution is -2.23. The van der Waals surface area contributed by atoms with Crippen LogP contribution in [0.2, 0.25) is 0 Å². The molecular formula is C13H19N5O. The van der Waals surface area contributed by atoms with Crippen molar-refractivity contribution in [3.8, 4) is 11.3 Å². The van der Waals surface area contributed by atoms with Crippen LogP contribution < -0.4 is 5.32 Å². The fourth-order valence-electron chi connectivity index (χ4n) is 1.64. The number of aryl methyl sites for hydroxylation is 1. The molecular weight excluding hydrogens is 242 g/mol. The largest absolute Gasteiger partial charge is 0.373 e. The van der Waals surface area contributed by atoms with Crippen molar-refractivity contribution < 1.29 is 4.74 Å². The Bertz CT molecular complexity index is 576. The summed E-state index contributed by atoms with van der Waals surface area (Å²) >= 11 is 0. The van der Waals surface area contributed by atoms with Crippen LogP contribution in [0, 0.1) is 0 Å². The normalized spacial score (nSPS) is 11.6. The van der Waals surface area contributed by atoms with Gasteiger partial charge in [0.05, 0.1) is 11.9 Å². The lowest BCUT2D eigenvalue weighted by molar-refractivity contribution is 0.0117. The van der Waals surface area contributed by atoms with E-state index in [4.69, 9.17) is 4.74 Å². The molecule has 2 aromatic heterocycles. The van der Waals surface area contributed by atoms with Crippen molar-refractivity contribution in [1.29, 1.82) is 0 Å². The van der Waals surface area contributed by atoms with E-state index in [0.29, 0.717) is 5.82 Å². The van der Waals surface area contributed by atoms with Gasteiger partial charge in [-0.2, -0.15) is 5.10 Å². The summed E-state index contributed by atoms with van der Waals surface area (Å²) in [5.41, 5.74) is 1.24. The first-order chi connectivity index (χ1) is 8.96. The van der Waals surface area contributed by atoms with Crippen LogP contribution in [0.5, 0.6) is 0 Å². The molecule has 0 saturated carbocycles. The van der Waals surface area contributed by atoms with Gasteiger partial charge < -0.3 is 10.1 Å². The fraction of sp³-hybridized carbons (Fsp3) is 0.462. The van der Waals surface area contributed by atoms with E-state index in [2.05, 4.69) is 20.4 Å². The molecule has 102 valence electrons. The van der Waals surface area contributed by atoms with Crippen LogP contribution in [-0.2, 0) is 17.4 Å². The lowest BCUT2D eigenvalue weighted by Gasteiger charge is -2.22. The number of methoxy groups -OCH3 is 1. The number of rotatable bonds is 4. The maximum absolute atomic E-state index is 5.45. The van der Waals surface area contributed by atoms with Crippen LogP contribution in [0.4, 0.5) is 5.82 Å². The number of nitrogens with zero attached hydrogens (tertiary/aromatic N) is 4. The van der Waals surface area contributed by atoms with E-state index in [1.54, 1.807) is 18.0 Å². The number of ether oxygens (including phenoxy) is 1. The molecule has 0 unspecified atom stereocenters. The average molecular weight is 261 g/mol. The molecule has 2 rings (SSSR count). The monoisotopic (exact) mass is 261 g/mol. The van der Waals surface area contributed by atoms with Gasteiger partial charge in [-0.25, -0.2) is 9.97 Å². The average Bonchev–Trinajstić information content (AvgIpc) is 2.85. The van der Waals surface area contributed by atoms with Gasteiger partial charge >= 0.3 is 0 Å². The van der Waals surface area contributed by atoms with Crippen molar-refractivity contribution in [2.45, 2.75) is 19.4 Å². The van der Waals surface area contributed by atoms with Crippen LogP contribution in [-0.4, -0.2) is 33.9 Å². The van der Waals surface area contributed by atoms with E-state index in [1.807, 2.05) is 40.2 Å². The summed E-state index contributed by atoms with van der Waals surface area (Å²) in [7, 11) is 5.36. The standard InChI is InChI=1S/C13H19N5O/c1-13(2,19-5)12-16-10(6-11(14-3)17-12)9-7-15-18(4)8-9/h6-8H,1-5H3,(H,14,16,17). The molecule has 0 atom stereocenters. The zero-order valence-corrected chi connectivity index (χ0v) is 11.9. The molecule has 0 fully saturated rings. The van der Waals surface area contributed by atoms with Crippen LogP contribution in [0.15, 0.2) is 18.5 Å². The highest BCUT2D eigenvalue weighted by molar-refractivity contribution is 5.61. The number of anilines is 1. The molecule has 0 aromatic carbocycles. The van der Waals surface area contributed by atoms with E-state index < -0.39 is 5.60 Å². The Labute approximate surface area is 112 Å². The van der Waals surface area contributed by atoms with Crippen molar-refractivity contribution in [3.05, 3.63) is 24.3 Å². The number of aromatic nitrogens is 4. The Hall–Kier alpha value is -1.95. The van der Waals surface area contributed by atoms with Crippen LogP contribution in [0.3, 0.4) is 0 Å². The molecule has 0 aliphatic carbocycles. The molecule has 2 aromatic rings. The van der Waals surface area contributed by atoms with Crippen molar-refractivity contribution in [2.24, 2.45) is 7.05 Å². The van der Waals surface area contributed by atoms with Crippen LogP contribution in [0.1, 0.15) is 19.7 Å². The summed E-state index contributed by atoms with van der Waals surface area (Å²) < 4.78 is 7.19. The second kappa shape index (κ2) is 4.97. The number of hydrogen-bond donors (Lipinski definition) is 1. The van der Waals surface area contributed by atoms with Crippen LogP contribution >= 0.6 is 0 Å². The quantitative estimate of drug-likeness (QED) is 0.909. The van der Waals surface area contributed by atoms with E-state index >= 15 is 0 Å². The molecule has 0 aliphatic rings. The summed E-state index contributed by atoms with van der Waals surface area (Å²) in [4.78, 5) is 9.03. The minimum absolute atomic E-state index is 0.538. The molecule has 0 spiro atoms. The Morgan fingerprint density at radius 3 is 2.58 bits per heavy atom. The first-order valence-electron chi connectivity index (χ1n) is 6.08. The smallest absolute Gasteiger partial charge is 0.162 e. The van der Waals surface area contributed by atoms with Gasteiger partial charge in [0.25, 0.3) is 0 Å². The molecule has 2 heterocycles. The summed E-state index contributed by atoms with van der Waals surface area (Å²) in [5, 5.41) is 7.21. The van der Waals surface area contributed by atoms with E-state index in [-0.39, 0.29) is 0 Å². The second-order valence-electron chi connectivity index (χ2n) is 4.83. The van der Waals surface area contributed by atoms with Gasteiger partial charge in [0.1, 0.15) is 11.4 Å². The maximum atomic E-state index is 5.45. The highest BCUT2D eigenvalue weighted by Crippen LogP contribution is 2.25. The summed E-state index contributed by atoms with van der Waals surface area (Å²) in [5.74, 6) is 1.40. The Morgan fingerprint density at radius 2 is 2.05 bits per heavy atom. The molecule has 0 saturated heterocycles. The molecule has 0 bridgehead atoms. The SMILES string of the molecule is CNc1cc(-c2cnn(C)c2)nc(C(C)(C)OC)n1. The summed E-state index contributed by atoms with van der Waals surface area (Å²) in [6.07, 6.45) is 3.71. The third kappa shape index (κ3) is 2.73. The topological polar surface area (TPSA) is 64.9 Å². The minimum Gasteiger partial charge on any atom is -0.373 e. The van der Waals surface area contributed by atoms with E-state index in [1.165, 1.54) is 0 Å². The second-order valence-corrected chi connectivity index (χ2v) is 4.83. The van der Waals surface area contributed by atoms with Gasteiger partial charge in [0, 0.05) is 39.0 Å². The third-order valence-electron chi connectivity index (χ3n) is 3.03. The summed E-state index contributed by atoms with van der Waals surface area (Å²) in [6.45, 7) is 3.88. The minimum atomic E-state index is -0.538. The first kappa shape index (κ1) is 13.5.